The van der Waals surface area contributed by atoms with Gasteiger partial charge in [-0.2, -0.15) is 0 Å². The third kappa shape index (κ3) is 3.84. The number of rotatable bonds is 5. The summed E-state index contributed by atoms with van der Waals surface area (Å²) in [6, 6.07) is 2.32. The van der Waals surface area contributed by atoms with Gasteiger partial charge in [-0.15, -0.1) is 0 Å². The number of methoxy groups -OCH3 is 1. The Morgan fingerprint density at radius 2 is 2.12 bits per heavy atom. The highest BCUT2D eigenvalue weighted by Crippen LogP contribution is 2.28. The summed E-state index contributed by atoms with van der Waals surface area (Å²) in [5.41, 5.74) is 0. The van der Waals surface area contributed by atoms with Crippen molar-refractivity contribution in [1.82, 2.24) is 14.9 Å². The summed E-state index contributed by atoms with van der Waals surface area (Å²) < 4.78 is 19.1. The van der Waals surface area contributed by atoms with Crippen LogP contribution >= 0.6 is 0 Å². The second kappa shape index (κ2) is 7.44. The number of likely N-dealkylation sites (N-methyl/N-ethyl adjacent to an activating group) is 1. The van der Waals surface area contributed by atoms with E-state index in [-0.39, 0.29) is 18.5 Å². The van der Waals surface area contributed by atoms with Crippen molar-refractivity contribution in [3.8, 4) is 0 Å². The fourth-order valence-corrected chi connectivity index (χ4v) is 3.49. The van der Waals surface area contributed by atoms with Gasteiger partial charge in [0, 0.05) is 38.9 Å². The molecule has 1 saturated heterocycles. The zero-order valence-electron chi connectivity index (χ0n) is 14.7. The first kappa shape index (κ1) is 17.1. The molecule has 0 radical (unpaired) electrons. The molecule has 7 heteroatoms. The van der Waals surface area contributed by atoms with E-state index in [1.54, 1.807) is 19.5 Å². The first-order chi connectivity index (χ1) is 11.6. The molecule has 1 fully saturated rings. The molecular formula is C17H26FN5O. The SMILES string of the molecule is CO[C@H]1C[C@@H](CN(C)C)N(c2cc(N3CCC=C(F)C3)ncn2)C1. The number of hydrogen-bond acceptors (Lipinski definition) is 6. The number of ether oxygens (including phenoxy) is 1. The summed E-state index contributed by atoms with van der Waals surface area (Å²) in [7, 11) is 5.91. The first-order valence-corrected chi connectivity index (χ1v) is 8.42. The number of halogens is 1. The van der Waals surface area contributed by atoms with Crippen molar-refractivity contribution in [2.75, 3.05) is 57.2 Å². The predicted molar refractivity (Wildman–Crippen MR) is 93.2 cm³/mol. The molecule has 3 rings (SSSR count). The molecule has 0 aliphatic carbocycles. The molecule has 0 spiro atoms. The normalized spacial score (nSPS) is 24.6. The van der Waals surface area contributed by atoms with Crippen molar-refractivity contribution >= 4 is 11.6 Å². The van der Waals surface area contributed by atoms with Gasteiger partial charge in [-0.05, 0) is 33.0 Å². The van der Waals surface area contributed by atoms with E-state index in [1.807, 2.05) is 11.0 Å². The molecule has 0 aromatic carbocycles. The van der Waals surface area contributed by atoms with Crippen LogP contribution in [0.15, 0.2) is 24.3 Å². The van der Waals surface area contributed by atoms with Gasteiger partial charge in [0.1, 0.15) is 23.8 Å². The van der Waals surface area contributed by atoms with Gasteiger partial charge in [-0.3, -0.25) is 0 Å². The van der Waals surface area contributed by atoms with Gasteiger partial charge in [0.05, 0.1) is 12.6 Å². The molecular weight excluding hydrogens is 309 g/mol. The molecule has 6 nitrogen and oxygen atoms in total. The maximum Gasteiger partial charge on any atom is 0.134 e. The lowest BCUT2D eigenvalue weighted by atomic mass is 10.2. The van der Waals surface area contributed by atoms with Crippen LogP contribution in [0, 0.1) is 0 Å². The van der Waals surface area contributed by atoms with E-state index in [4.69, 9.17) is 4.74 Å². The molecule has 1 aromatic rings. The summed E-state index contributed by atoms with van der Waals surface area (Å²) >= 11 is 0. The zero-order chi connectivity index (χ0) is 17.1. The average molecular weight is 335 g/mol. The largest absolute Gasteiger partial charge is 0.380 e. The van der Waals surface area contributed by atoms with E-state index >= 15 is 0 Å². The standard InChI is InChI=1S/C17H26FN5O/c1-21(2)10-14-7-15(24-3)11-23(14)17-8-16(19-12-20-17)22-6-4-5-13(18)9-22/h5,8,12,14-15H,4,6-7,9-11H2,1-3H3/t14-,15-/m0/s1. The smallest absolute Gasteiger partial charge is 0.134 e. The van der Waals surface area contributed by atoms with E-state index in [1.165, 1.54) is 0 Å². The molecule has 1 aromatic heterocycles. The van der Waals surface area contributed by atoms with Crippen LogP contribution in [0.1, 0.15) is 12.8 Å². The van der Waals surface area contributed by atoms with Gasteiger partial charge in [0.15, 0.2) is 0 Å². The summed E-state index contributed by atoms with van der Waals surface area (Å²) in [5.74, 6) is 1.58. The number of hydrogen-bond donors (Lipinski definition) is 0. The molecule has 0 bridgehead atoms. The Kier molecular flexibility index (Phi) is 5.30. The Balaban J connectivity index is 1.80. The Bertz CT molecular complexity index is 594. The molecule has 2 aliphatic rings. The minimum absolute atomic E-state index is 0.0903. The highest BCUT2D eigenvalue weighted by atomic mass is 19.1. The lowest BCUT2D eigenvalue weighted by molar-refractivity contribution is 0.117. The van der Waals surface area contributed by atoms with Crippen LogP contribution in [0.5, 0.6) is 0 Å². The van der Waals surface area contributed by atoms with Gasteiger partial charge >= 0.3 is 0 Å². The van der Waals surface area contributed by atoms with Gasteiger partial charge in [-0.25, -0.2) is 14.4 Å². The van der Waals surface area contributed by atoms with Crippen LogP contribution in [0.25, 0.3) is 0 Å². The van der Waals surface area contributed by atoms with Crippen LogP contribution in [0.2, 0.25) is 0 Å². The second-order valence-electron chi connectivity index (χ2n) is 6.76. The van der Waals surface area contributed by atoms with E-state index in [9.17, 15) is 4.39 Å². The Morgan fingerprint density at radius 3 is 2.83 bits per heavy atom. The van der Waals surface area contributed by atoms with Crippen molar-refractivity contribution in [1.29, 1.82) is 0 Å². The summed E-state index contributed by atoms with van der Waals surface area (Å²) in [5, 5.41) is 0. The maximum atomic E-state index is 13.6. The van der Waals surface area contributed by atoms with Gasteiger partial charge < -0.3 is 19.4 Å². The summed E-state index contributed by atoms with van der Waals surface area (Å²) in [6.07, 6.45) is 5.13. The van der Waals surface area contributed by atoms with E-state index < -0.39 is 0 Å². The predicted octanol–water partition coefficient (Wildman–Crippen LogP) is 1.70. The molecule has 2 atom stereocenters. The highest BCUT2D eigenvalue weighted by molar-refractivity contribution is 5.52. The second-order valence-corrected chi connectivity index (χ2v) is 6.76. The van der Waals surface area contributed by atoms with Crippen LogP contribution in [0.3, 0.4) is 0 Å². The number of nitrogens with zero attached hydrogens (tertiary/aromatic N) is 5. The van der Waals surface area contributed by atoms with Gasteiger partial charge in [0.25, 0.3) is 0 Å². The maximum absolute atomic E-state index is 13.6. The van der Waals surface area contributed by atoms with Crippen molar-refractivity contribution in [3.63, 3.8) is 0 Å². The summed E-state index contributed by atoms with van der Waals surface area (Å²) in [4.78, 5) is 15.2. The monoisotopic (exact) mass is 335 g/mol. The van der Waals surface area contributed by atoms with E-state index in [0.29, 0.717) is 12.5 Å². The molecule has 132 valence electrons. The Morgan fingerprint density at radius 1 is 1.33 bits per heavy atom. The lowest BCUT2D eigenvalue weighted by Gasteiger charge is -2.29. The highest BCUT2D eigenvalue weighted by Gasteiger charge is 2.33. The number of anilines is 2. The van der Waals surface area contributed by atoms with Gasteiger partial charge in [0.2, 0.25) is 0 Å². The van der Waals surface area contributed by atoms with E-state index in [0.717, 1.165) is 37.7 Å². The molecule has 3 heterocycles. The van der Waals surface area contributed by atoms with Gasteiger partial charge in [-0.1, -0.05) is 0 Å². The van der Waals surface area contributed by atoms with Crippen LogP contribution in [-0.4, -0.2) is 74.4 Å². The topological polar surface area (TPSA) is 44.7 Å². The molecule has 2 aliphatic heterocycles. The van der Waals surface area contributed by atoms with Crippen molar-refractivity contribution in [2.24, 2.45) is 0 Å². The molecule has 24 heavy (non-hydrogen) atoms. The molecule has 0 unspecified atom stereocenters. The quantitative estimate of drug-likeness (QED) is 0.816. The minimum atomic E-state index is -0.0903. The molecule has 0 saturated carbocycles. The first-order valence-electron chi connectivity index (χ1n) is 8.42. The van der Waals surface area contributed by atoms with Crippen molar-refractivity contribution in [3.05, 3.63) is 24.3 Å². The third-order valence-corrected chi connectivity index (χ3v) is 4.65. The Labute approximate surface area is 142 Å². The average Bonchev–Trinajstić information content (AvgIpc) is 2.97. The fourth-order valence-electron chi connectivity index (χ4n) is 3.49. The zero-order valence-corrected chi connectivity index (χ0v) is 14.7. The lowest BCUT2D eigenvalue weighted by Crippen LogP contribution is -2.38. The van der Waals surface area contributed by atoms with E-state index in [2.05, 4.69) is 33.9 Å². The minimum Gasteiger partial charge on any atom is -0.380 e. The fraction of sp³-hybridized carbons (Fsp3) is 0.647. The van der Waals surface area contributed by atoms with Crippen LogP contribution < -0.4 is 9.80 Å². The third-order valence-electron chi connectivity index (χ3n) is 4.65. The number of aromatic nitrogens is 2. The van der Waals surface area contributed by atoms with Crippen molar-refractivity contribution < 1.29 is 9.13 Å². The molecule has 0 amide bonds. The van der Waals surface area contributed by atoms with Crippen LogP contribution in [0.4, 0.5) is 16.0 Å². The van der Waals surface area contributed by atoms with Crippen molar-refractivity contribution in [2.45, 2.75) is 25.0 Å². The molecule has 0 N–H and O–H groups in total. The van der Waals surface area contributed by atoms with Crippen LogP contribution in [-0.2, 0) is 4.74 Å². The summed E-state index contributed by atoms with van der Waals surface area (Å²) in [6.45, 7) is 2.84. The Hall–Kier alpha value is -1.73.